The fraction of sp³-hybridized carbons (Fsp3) is 0. The van der Waals surface area contributed by atoms with Crippen LogP contribution in [-0.4, -0.2) is 14.1 Å². The highest BCUT2D eigenvalue weighted by molar-refractivity contribution is 6.11. The molecule has 0 spiro atoms. The molecule has 0 aliphatic heterocycles. The number of hydrogen-bond donors (Lipinski definition) is 0. The molecular weight excluding hydrogens is 613 g/mol. The topological polar surface area (TPSA) is 94.1 Å². The molecule has 50 heavy (non-hydrogen) atoms. The van der Waals surface area contributed by atoms with Crippen LogP contribution in [0.15, 0.2) is 146 Å². The molecular formula is C44H24N6. The molecule has 0 fully saturated rings. The van der Waals surface area contributed by atoms with Gasteiger partial charge in [-0.1, -0.05) is 66.7 Å². The Morgan fingerprint density at radius 1 is 0.360 bits per heavy atom. The summed E-state index contributed by atoms with van der Waals surface area (Å²) >= 11 is 0. The number of benzene rings is 6. The molecule has 3 aromatic heterocycles. The van der Waals surface area contributed by atoms with Crippen molar-refractivity contribution in [1.82, 2.24) is 14.1 Å². The van der Waals surface area contributed by atoms with E-state index in [1.165, 1.54) is 0 Å². The van der Waals surface area contributed by atoms with E-state index >= 15 is 0 Å². The average molecular weight is 637 g/mol. The highest BCUT2D eigenvalue weighted by Crippen LogP contribution is 2.37. The average Bonchev–Trinajstić information content (AvgIpc) is 3.70. The molecule has 0 N–H and O–H groups in total. The van der Waals surface area contributed by atoms with E-state index in [-0.39, 0.29) is 0 Å². The van der Waals surface area contributed by atoms with Gasteiger partial charge in [0.1, 0.15) is 11.6 Å². The molecule has 6 aromatic carbocycles. The van der Waals surface area contributed by atoms with Crippen LogP contribution in [0.3, 0.4) is 0 Å². The van der Waals surface area contributed by atoms with Crippen molar-refractivity contribution in [3.05, 3.63) is 162 Å². The maximum atomic E-state index is 9.77. The minimum absolute atomic E-state index is 0.545. The molecule has 0 saturated carbocycles. The summed E-state index contributed by atoms with van der Waals surface area (Å²) in [4.78, 5) is 5.39. The fourth-order valence-electron chi connectivity index (χ4n) is 7.12. The molecule has 0 unspecified atom stereocenters. The van der Waals surface area contributed by atoms with Crippen LogP contribution in [0.25, 0.3) is 77.5 Å². The molecule has 0 amide bonds. The number of hydrogen-bond acceptors (Lipinski definition) is 4. The zero-order chi connectivity index (χ0) is 33.8. The van der Waals surface area contributed by atoms with Gasteiger partial charge in [-0.15, -0.1) is 0 Å². The van der Waals surface area contributed by atoms with Crippen molar-refractivity contribution < 1.29 is 0 Å². The molecule has 9 aromatic rings. The van der Waals surface area contributed by atoms with Gasteiger partial charge in [0.15, 0.2) is 0 Å². The van der Waals surface area contributed by atoms with Crippen molar-refractivity contribution in [1.29, 1.82) is 15.8 Å². The lowest BCUT2D eigenvalue weighted by atomic mass is 9.98. The third-order valence-corrected chi connectivity index (χ3v) is 9.38. The molecule has 6 heteroatoms. The number of para-hydroxylation sites is 2. The molecule has 0 aliphatic rings. The Morgan fingerprint density at radius 2 is 0.800 bits per heavy atom. The first-order valence-electron chi connectivity index (χ1n) is 16.1. The predicted molar refractivity (Wildman–Crippen MR) is 198 cm³/mol. The van der Waals surface area contributed by atoms with Crippen molar-refractivity contribution in [2.75, 3.05) is 0 Å². The Kier molecular flexibility index (Phi) is 6.53. The van der Waals surface area contributed by atoms with Crippen LogP contribution in [0.2, 0.25) is 0 Å². The molecule has 0 radical (unpaired) electrons. The Morgan fingerprint density at radius 3 is 1.34 bits per heavy atom. The zero-order valence-electron chi connectivity index (χ0n) is 26.5. The first-order chi connectivity index (χ1) is 24.6. The quantitative estimate of drug-likeness (QED) is 0.192. The first kappa shape index (κ1) is 28.7. The third kappa shape index (κ3) is 4.51. The van der Waals surface area contributed by atoms with Crippen LogP contribution in [0, 0.1) is 34.0 Å². The summed E-state index contributed by atoms with van der Waals surface area (Å²) in [5.41, 5.74) is 9.48. The summed E-state index contributed by atoms with van der Waals surface area (Å²) in [7, 11) is 0. The number of fused-ring (bicyclic) bond motifs is 6. The smallest absolute Gasteiger partial charge is 0.140 e. The number of rotatable bonds is 4. The fourth-order valence-corrected chi connectivity index (χ4v) is 7.12. The second-order valence-corrected chi connectivity index (χ2v) is 12.2. The van der Waals surface area contributed by atoms with Crippen LogP contribution >= 0.6 is 0 Å². The van der Waals surface area contributed by atoms with Crippen LogP contribution in [0.5, 0.6) is 0 Å². The summed E-state index contributed by atoms with van der Waals surface area (Å²) in [6.07, 6.45) is 0. The Hall–Kier alpha value is -7.46. The number of nitrogens with zero attached hydrogens (tertiary/aromatic N) is 6. The Bertz CT molecular complexity index is 2850. The van der Waals surface area contributed by atoms with Gasteiger partial charge < -0.3 is 0 Å². The maximum absolute atomic E-state index is 9.77. The van der Waals surface area contributed by atoms with Crippen molar-refractivity contribution in [2.45, 2.75) is 0 Å². The van der Waals surface area contributed by atoms with E-state index in [1.807, 2.05) is 78.9 Å². The molecule has 6 nitrogen and oxygen atoms in total. The van der Waals surface area contributed by atoms with Crippen LogP contribution in [-0.2, 0) is 0 Å². The van der Waals surface area contributed by atoms with Gasteiger partial charge in [0.25, 0.3) is 0 Å². The molecule has 9 rings (SSSR count). The lowest BCUT2D eigenvalue weighted by molar-refractivity contribution is 1.01. The highest BCUT2D eigenvalue weighted by atomic mass is 15.1. The zero-order valence-corrected chi connectivity index (χ0v) is 26.5. The second-order valence-electron chi connectivity index (χ2n) is 12.2. The van der Waals surface area contributed by atoms with Crippen LogP contribution in [0.1, 0.15) is 16.7 Å². The van der Waals surface area contributed by atoms with Crippen molar-refractivity contribution in [2.24, 2.45) is 0 Å². The van der Waals surface area contributed by atoms with Crippen molar-refractivity contribution >= 4 is 43.6 Å². The molecule has 0 saturated heterocycles. The summed E-state index contributed by atoms with van der Waals surface area (Å²) in [5, 5.41) is 33.1. The largest absolute Gasteiger partial charge is 0.294 e. The minimum atomic E-state index is 0.545. The van der Waals surface area contributed by atoms with Gasteiger partial charge in [-0.05, 0) is 101 Å². The van der Waals surface area contributed by atoms with E-state index in [0.29, 0.717) is 22.5 Å². The standard InChI is InChI=1S/C44H24N6/c45-25-28-7-5-8-31(19-28)32-9-6-10-33(22-32)34-23-43(49-39-13-3-1-11-35(39)36-12-2-4-14-40(36)49)48-44(24-34)50-41-17-15-29(26-46)20-37(41)38-21-30(27-47)16-18-42(38)50/h1-24H. The van der Waals surface area contributed by atoms with Crippen LogP contribution < -0.4 is 0 Å². The van der Waals surface area contributed by atoms with E-state index in [2.05, 4.69) is 94.1 Å². The monoisotopic (exact) mass is 636 g/mol. The maximum Gasteiger partial charge on any atom is 0.140 e. The van der Waals surface area contributed by atoms with Gasteiger partial charge in [-0.3, -0.25) is 9.13 Å². The number of nitriles is 3. The molecule has 0 aliphatic carbocycles. The first-order valence-corrected chi connectivity index (χ1v) is 16.1. The predicted octanol–water partition coefficient (Wildman–Crippen LogP) is 10.2. The molecule has 0 atom stereocenters. The van der Waals surface area contributed by atoms with Crippen molar-refractivity contribution in [3.63, 3.8) is 0 Å². The van der Waals surface area contributed by atoms with E-state index in [4.69, 9.17) is 4.98 Å². The van der Waals surface area contributed by atoms with Gasteiger partial charge in [0.05, 0.1) is 57.0 Å². The van der Waals surface area contributed by atoms with Gasteiger partial charge in [-0.25, -0.2) is 4.98 Å². The number of aromatic nitrogens is 3. The Labute approximate surface area is 287 Å². The summed E-state index contributed by atoms with van der Waals surface area (Å²) in [5.74, 6) is 1.45. The van der Waals surface area contributed by atoms with Crippen molar-refractivity contribution in [3.8, 4) is 52.1 Å². The lowest BCUT2D eigenvalue weighted by Crippen LogP contribution is -2.04. The van der Waals surface area contributed by atoms with Gasteiger partial charge >= 0.3 is 0 Å². The normalized spacial score (nSPS) is 11.1. The van der Waals surface area contributed by atoms with Crippen LogP contribution in [0.4, 0.5) is 0 Å². The van der Waals surface area contributed by atoms with E-state index in [0.717, 1.165) is 71.7 Å². The lowest BCUT2D eigenvalue weighted by Gasteiger charge is -2.15. The number of pyridine rings is 1. The summed E-state index contributed by atoms with van der Waals surface area (Å²) < 4.78 is 4.33. The summed E-state index contributed by atoms with van der Waals surface area (Å²) in [6, 6.07) is 55.1. The molecule has 230 valence electrons. The van der Waals surface area contributed by atoms with E-state index in [1.54, 1.807) is 0 Å². The van der Waals surface area contributed by atoms with Gasteiger partial charge in [0, 0.05) is 21.5 Å². The van der Waals surface area contributed by atoms with E-state index < -0.39 is 0 Å². The SMILES string of the molecule is N#Cc1cccc(-c2cccc(-c3cc(-n4c5ccccc5c5ccccc54)nc(-n4c5ccc(C#N)cc5c5cc(C#N)ccc54)c3)c2)c1. The second kappa shape index (κ2) is 11.4. The van der Waals surface area contributed by atoms with Gasteiger partial charge in [-0.2, -0.15) is 15.8 Å². The Balaban J connectivity index is 1.37. The van der Waals surface area contributed by atoms with Gasteiger partial charge in [0.2, 0.25) is 0 Å². The van der Waals surface area contributed by atoms with E-state index in [9.17, 15) is 15.8 Å². The molecule has 3 heterocycles. The highest BCUT2D eigenvalue weighted by Gasteiger charge is 2.19. The minimum Gasteiger partial charge on any atom is -0.294 e. The summed E-state index contributed by atoms with van der Waals surface area (Å²) in [6.45, 7) is 0. The molecule has 0 bridgehead atoms. The third-order valence-electron chi connectivity index (χ3n) is 9.38.